The Morgan fingerprint density at radius 3 is 2.39 bits per heavy atom. The minimum atomic E-state index is -0.898. The first-order valence-electron chi connectivity index (χ1n) is 12.1. The molecule has 0 saturated heterocycles. The molecule has 1 unspecified atom stereocenters. The lowest BCUT2D eigenvalue weighted by atomic mass is 10.1. The van der Waals surface area contributed by atoms with Gasteiger partial charge in [-0.15, -0.1) is 11.8 Å². The smallest absolute Gasteiger partial charge is 0.325 e. The standard InChI is InChI=1S/C29H31F2NO5S/c1-5-36-28(33)17-32(16-19(2)35-3)29(34)22-8-6-7-20(13-22)18-37-23-11-9-21(10-12-23)24-14-25(30)26(31)15-27(24)38-4/h6-15,19H,5,16-18H2,1-4H3. The van der Waals surface area contributed by atoms with Gasteiger partial charge < -0.3 is 19.1 Å². The maximum Gasteiger partial charge on any atom is 0.325 e. The van der Waals surface area contributed by atoms with E-state index in [-0.39, 0.29) is 38.3 Å². The molecular formula is C29H31F2NO5S. The molecule has 9 heteroatoms. The summed E-state index contributed by atoms with van der Waals surface area (Å²) in [6.45, 7) is 4.02. The van der Waals surface area contributed by atoms with Crippen molar-refractivity contribution in [3.63, 3.8) is 0 Å². The zero-order valence-corrected chi connectivity index (χ0v) is 22.6. The topological polar surface area (TPSA) is 65.1 Å². The fourth-order valence-electron chi connectivity index (χ4n) is 3.76. The summed E-state index contributed by atoms with van der Waals surface area (Å²) >= 11 is 1.34. The summed E-state index contributed by atoms with van der Waals surface area (Å²) in [5.41, 5.74) is 2.52. The average Bonchev–Trinajstić information content (AvgIpc) is 2.92. The van der Waals surface area contributed by atoms with E-state index in [4.69, 9.17) is 14.2 Å². The van der Waals surface area contributed by atoms with Crippen molar-refractivity contribution in [2.24, 2.45) is 0 Å². The van der Waals surface area contributed by atoms with Crippen LogP contribution in [0, 0.1) is 11.6 Å². The minimum absolute atomic E-state index is 0.177. The third-order valence-corrected chi connectivity index (χ3v) is 6.56. The van der Waals surface area contributed by atoms with Gasteiger partial charge in [-0.1, -0.05) is 24.3 Å². The van der Waals surface area contributed by atoms with E-state index in [2.05, 4.69) is 0 Å². The lowest BCUT2D eigenvalue weighted by Crippen LogP contribution is -2.41. The van der Waals surface area contributed by atoms with Crippen LogP contribution in [0.15, 0.2) is 65.6 Å². The fourth-order valence-corrected chi connectivity index (χ4v) is 4.38. The van der Waals surface area contributed by atoms with Gasteiger partial charge in [0.25, 0.3) is 5.91 Å². The maximum atomic E-state index is 13.8. The van der Waals surface area contributed by atoms with E-state index >= 15 is 0 Å². The van der Waals surface area contributed by atoms with Gasteiger partial charge in [-0.3, -0.25) is 9.59 Å². The van der Waals surface area contributed by atoms with Crippen molar-refractivity contribution in [1.82, 2.24) is 4.90 Å². The highest BCUT2D eigenvalue weighted by molar-refractivity contribution is 7.98. The third kappa shape index (κ3) is 7.79. The third-order valence-electron chi connectivity index (χ3n) is 5.78. The number of rotatable bonds is 12. The second-order valence-electron chi connectivity index (χ2n) is 8.52. The molecular weight excluding hydrogens is 512 g/mol. The van der Waals surface area contributed by atoms with Crippen LogP contribution in [0.25, 0.3) is 11.1 Å². The molecule has 0 saturated carbocycles. The number of esters is 1. The average molecular weight is 544 g/mol. The number of methoxy groups -OCH3 is 1. The zero-order valence-electron chi connectivity index (χ0n) is 21.8. The first-order chi connectivity index (χ1) is 18.2. The molecule has 0 spiro atoms. The largest absolute Gasteiger partial charge is 0.489 e. The second-order valence-corrected chi connectivity index (χ2v) is 9.37. The molecule has 0 aliphatic heterocycles. The number of halogens is 2. The van der Waals surface area contributed by atoms with Gasteiger partial charge >= 0.3 is 5.97 Å². The molecule has 3 aromatic carbocycles. The van der Waals surface area contributed by atoms with Crippen LogP contribution in [0.5, 0.6) is 5.75 Å². The van der Waals surface area contributed by atoms with Gasteiger partial charge in [0, 0.05) is 24.1 Å². The molecule has 0 heterocycles. The quantitative estimate of drug-likeness (QED) is 0.207. The molecule has 202 valence electrons. The van der Waals surface area contributed by atoms with Crippen molar-refractivity contribution in [2.45, 2.75) is 31.5 Å². The molecule has 1 atom stereocenters. The Morgan fingerprint density at radius 1 is 1.03 bits per heavy atom. The second kappa shape index (κ2) is 13.9. The van der Waals surface area contributed by atoms with Crippen molar-refractivity contribution < 1.29 is 32.6 Å². The number of hydrogen-bond acceptors (Lipinski definition) is 6. The Bertz CT molecular complexity index is 1250. The number of benzene rings is 3. The summed E-state index contributed by atoms with van der Waals surface area (Å²) in [5, 5.41) is 0. The van der Waals surface area contributed by atoms with Crippen LogP contribution in [0.3, 0.4) is 0 Å². The number of carbonyl (C=O) groups is 2. The highest BCUT2D eigenvalue weighted by atomic mass is 32.2. The number of ether oxygens (including phenoxy) is 3. The van der Waals surface area contributed by atoms with E-state index in [0.717, 1.165) is 11.1 Å². The Hall–Kier alpha value is -3.43. The molecule has 0 aromatic heterocycles. The molecule has 0 bridgehead atoms. The van der Waals surface area contributed by atoms with E-state index in [1.807, 2.05) is 13.0 Å². The van der Waals surface area contributed by atoms with E-state index < -0.39 is 17.6 Å². The molecule has 6 nitrogen and oxygen atoms in total. The highest BCUT2D eigenvalue weighted by Gasteiger charge is 2.22. The number of carbonyl (C=O) groups excluding carboxylic acids is 2. The summed E-state index contributed by atoms with van der Waals surface area (Å²) in [6.07, 6.45) is 1.54. The van der Waals surface area contributed by atoms with Crippen molar-refractivity contribution in [3.8, 4) is 16.9 Å². The Kier molecular flexibility index (Phi) is 10.7. The highest BCUT2D eigenvalue weighted by Crippen LogP contribution is 2.33. The van der Waals surface area contributed by atoms with Gasteiger partial charge in [-0.05, 0) is 73.2 Å². The first kappa shape index (κ1) is 29.1. The van der Waals surface area contributed by atoms with Gasteiger partial charge in [0.1, 0.15) is 18.9 Å². The van der Waals surface area contributed by atoms with Gasteiger partial charge in [-0.25, -0.2) is 8.78 Å². The summed E-state index contributed by atoms with van der Waals surface area (Å²) in [4.78, 5) is 27.3. The maximum absolute atomic E-state index is 13.8. The molecule has 3 rings (SSSR count). The van der Waals surface area contributed by atoms with Crippen LogP contribution >= 0.6 is 11.8 Å². The summed E-state index contributed by atoms with van der Waals surface area (Å²) in [5.74, 6) is -2.00. The zero-order chi connectivity index (χ0) is 27.7. The fraction of sp³-hybridized carbons (Fsp3) is 0.310. The summed E-state index contributed by atoms with van der Waals surface area (Å²) in [7, 11) is 1.54. The van der Waals surface area contributed by atoms with E-state index in [1.54, 1.807) is 62.8 Å². The van der Waals surface area contributed by atoms with Crippen LogP contribution < -0.4 is 4.74 Å². The van der Waals surface area contributed by atoms with E-state index in [9.17, 15) is 18.4 Å². The number of nitrogens with zero attached hydrogens (tertiary/aromatic N) is 1. The summed E-state index contributed by atoms with van der Waals surface area (Å²) < 4.78 is 43.6. The van der Waals surface area contributed by atoms with Crippen LogP contribution in [-0.2, 0) is 20.9 Å². The van der Waals surface area contributed by atoms with Crippen LogP contribution in [0.4, 0.5) is 8.78 Å². The molecule has 1 amide bonds. The Labute approximate surface area is 225 Å². The number of thioether (sulfide) groups is 1. The first-order valence-corrected chi connectivity index (χ1v) is 13.3. The van der Waals surface area contributed by atoms with Gasteiger partial charge in [0.05, 0.1) is 12.7 Å². The van der Waals surface area contributed by atoms with Crippen molar-refractivity contribution in [1.29, 1.82) is 0 Å². The van der Waals surface area contributed by atoms with Crippen LogP contribution in [0.1, 0.15) is 29.8 Å². The summed E-state index contributed by atoms with van der Waals surface area (Å²) in [6, 6.07) is 16.5. The monoisotopic (exact) mass is 543 g/mol. The molecule has 0 fully saturated rings. The molecule has 0 radical (unpaired) electrons. The lowest BCUT2D eigenvalue weighted by Gasteiger charge is -2.24. The normalized spacial score (nSPS) is 11.6. The number of amides is 1. The van der Waals surface area contributed by atoms with Crippen LogP contribution in [0.2, 0.25) is 0 Å². The van der Waals surface area contributed by atoms with Gasteiger partial charge in [-0.2, -0.15) is 0 Å². The molecule has 0 aliphatic rings. The Balaban J connectivity index is 1.70. The van der Waals surface area contributed by atoms with Gasteiger partial charge in [0.2, 0.25) is 0 Å². The molecule has 0 N–H and O–H groups in total. The SMILES string of the molecule is CCOC(=O)CN(CC(C)OC)C(=O)c1cccc(COc2ccc(-c3cc(F)c(F)cc3SC)cc2)c1. The Morgan fingerprint density at radius 2 is 1.74 bits per heavy atom. The van der Waals surface area contributed by atoms with Crippen molar-refractivity contribution in [3.05, 3.63) is 83.4 Å². The van der Waals surface area contributed by atoms with E-state index in [0.29, 0.717) is 21.8 Å². The predicted octanol–water partition coefficient (Wildman–Crippen LogP) is 5.97. The number of hydrogen-bond donors (Lipinski definition) is 0. The molecule has 3 aromatic rings. The molecule has 38 heavy (non-hydrogen) atoms. The van der Waals surface area contributed by atoms with Crippen molar-refractivity contribution in [2.75, 3.05) is 33.1 Å². The minimum Gasteiger partial charge on any atom is -0.489 e. The van der Waals surface area contributed by atoms with Crippen molar-refractivity contribution >= 4 is 23.6 Å². The van der Waals surface area contributed by atoms with E-state index in [1.165, 1.54) is 28.8 Å². The predicted molar refractivity (Wildman–Crippen MR) is 143 cm³/mol. The van der Waals surface area contributed by atoms with Gasteiger partial charge in [0.15, 0.2) is 11.6 Å². The molecule has 0 aliphatic carbocycles. The van der Waals surface area contributed by atoms with Crippen LogP contribution in [-0.4, -0.2) is 55.9 Å². The lowest BCUT2D eigenvalue weighted by molar-refractivity contribution is -0.144.